The molecule has 3 aliphatic heterocycles. The van der Waals surface area contributed by atoms with Crippen molar-refractivity contribution in [3.8, 4) is 5.75 Å². The van der Waals surface area contributed by atoms with E-state index in [1.807, 2.05) is 13.8 Å². The minimum atomic E-state index is -1.12. The molecule has 0 radical (unpaired) electrons. The van der Waals surface area contributed by atoms with E-state index in [0.717, 1.165) is 64.6 Å². The number of carbonyl (C=O) groups excluding carboxylic acids is 2. The first-order valence-corrected chi connectivity index (χ1v) is 12.6. The summed E-state index contributed by atoms with van der Waals surface area (Å²) in [5.41, 5.74) is -1.08. The number of amides is 3. The van der Waals surface area contributed by atoms with Gasteiger partial charge in [-0.3, -0.25) is 9.69 Å². The maximum absolute atomic E-state index is 13.5. The second-order valence-corrected chi connectivity index (χ2v) is 10.7. The molecule has 3 heterocycles. The number of ether oxygens (including phenoxy) is 1. The van der Waals surface area contributed by atoms with Crippen LogP contribution < -0.4 is 10.1 Å². The van der Waals surface area contributed by atoms with Crippen molar-refractivity contribution in [3.63, 3.8) is 0 Å². The molecule has 2 fully saturated rings. The Bertz CT molecular complexity index is 884. The van der Waals surface area contributed by atoms with Crippen LogP contribution in [0.1, 0.15) is 70.8 Å². The van der Waals surface area contributed by atoms with E-state index in [1.54, 1.807) is 18.2 Å². The Kier molecular flexibility index (Phi) is 7.22. The van der Waals surface area contributed by atoms with Crippen LogP contribution >= 0.6 is 11.6 Å². The van der Waals surface area contributed by atoms with Crippen molar-refractivity contribution >= 4 is 23.5 Å². The molecule has 3 aliphatic rings. The molecule has 1 atom stereocenters. The molecule has 182 valence electrons. The molecular weight excluding hydrogens is 442 g/mol. The number of unbranched alkanes of at least 4 members (excludes halogenated alkanes) is 4. The summed E-state index contributed by atoms with van der Waals surface area (Å²) in [5, 5.41) is 13.1. The van der Waals surface area contributed by atoms with Gasteiger partial charge in [0.25, 0.3) is 5.91 Å². The summed E-state index contributed by atoms with van der Waals surface area (Å²) in [6.07, 6.45) is 7.17. The number of carbonyl (C=O) groups is 2. The summed E-state index contributed by atoms with van der Waals surface area (Å²) >= 11 is 6.22. The van der Waals surface area contributed by atoms with Crippen molar-refractivity contribution in [2.24, 2.45) is 0 Å². The number of rotatable bonds is 8. The number of imide groups is 1. The monoisotopic (exact) mass is 477 g/mol. The summed E-state index contributed by atoms with van der Waals surface area (Å²) in [6.45, 7) is 7.35. The normalized spacial score (nSPS) is 25.3. The predicted octanol–water partition coefficient (Wildman–Crippen LogP) is 4.06. The SMILES string of the molecule is CC1(C)CC2(NC(=O)N(CCCCCCCN3CCC(O)CC3)C2=O)c2cc(Cl)ccc2O1. The van der Waals surface area contributed by atoms with E-state index in [0.29, 0.717) is 29.3 Å². The van der Waals surface area contributed by atoms with Crippen LogP contribution in [0.25, 0.3) is 0 Å². The van der Waals surface area contributed by atoms with E-state index in [-0.39, 0.29) is 18.0 Å². The molecule has 1 unspecified atom stereocenters. The highest BCUT2D eigenvalue weighted by Gasteiger charge is 2.58. The highest BCUT2D eigenvalue weighted by atomic mass is 35.5. The Hall–Kier alpha value is -1.83. The van der Waals surface area contributed by atoms with Gasteiger partial charge >= 0.3 is 6.03 Å². The summed E-state index contributed by atoms with van der Waals surface area (Å²) in [6, 6.07) is 4.91. The van der Waals surface area contributed by atoms with Crippen molar-refractivity contribution in [3.05, 3.63) is 28.8 Å². The highest BCUT2D eigenvalue weighted by Crippen LogP contribution is 2.47. The van der Waals surface area contributed by atoms with Gasteiger partial charge < -0.3 is 20.1 Å². The van der Waals surface area contributed by atoms with Gasteiger partial charge in [0.05, 0.1) is 6.10 Å². The zero-order chi connectivity index (χ0) is 23.6. The third-order valence-corrected chi connectivity index (χ3v) is 7.30. The average molecular weight is 478 g/mol. The quantitative estimate of drug-likeness (QED) is 0.436. The van der Waals surface area contributed by atoms with Gasteiger partial charge in [0.15, 0.2) is 5.54 Å². The summed E-state index contributed by atoms with van der Waals surface area (Å²) in [5.74, 6) is 0.383. The maximum atomic E-state index is 13.5. The van der Waals surface area contributed by atoms with E-state index in [4.69, 9.17) is 16.3 Å². The van der Waals surface area contributed by atoms with E-state index in [9.17, 15) is 14.7 Å². The van der Waals surface area contributed by atoms with Crippen LogP contribution in [0.15, 0.2) is 18.2 Å². The van der Waals surface area contributed by atoms with Gasteiger partial charge in [-0.2, -0.15) is 0 Å². The van der Waals surface area contributed by atoms with Crippen LogP contribution in [0, 0.1) is 0 Å². The molecule has 2 N–H and O–H groups in total. The molecule has 7 nitrogen and oxygen atoms in total. The standard InChI is InChI=1S/C25H36ClN3O4/c1-24(2)17-25(20-16-18(26)8-9-21(20)33-24)22(31)29(23(32)27-25)13-7-5-3-4-6-12-28-14-10-19(30)11-15-28/h8-9,16,19,30H,3-7,10-15,17H2,1-2H3,(H,27,32). The van der Waals surface area contributed by atoms with E-state index < -0.39 is 11.1 Å². The lowest BCUT2D eigenvalue weighted by molar-refractivity contribution is -0.134. The zero-order valence-electron chi connectivity index (χ0n) is 19.7. The van der Waals surface area contributed by atoms with Crippen LogP contribution in [0.5, 0.6) is 5.75 Å². The first-order chi connectivity index (χ1) is 15.7. The number of halogens is 1. The number of urea groups is 1. The second kappa shape index (κ2) is 9.80. The highest BCUT2D eigenvalue weighted by molar-refractivity contribution is 6.30. The maximum Gasteiger partial charge on any atom is 0.325 e. The van der Waals surface area contributed by atoms with Gasteiger partial charge in [-0.05, 0) is 64.3 Å². The minimum absolute atomic E-state index is 0.122. The molecule has 8 heteroatoms. The van der Waals surface area contributed by atoms with Gasteiger partial charge in [-0.15, -0.1) is 0 Å². The van der Waals surface area contributed by atoms with Crippen molar-refractivity contribution in [1.29, 1.82) is 0 Å². The third-order valence-electron chi connectivity index (χ3n) is 7.07. The lowest BCUT2D eigenvalue weighted by Gasteiger charge is -2.42. The van der Waals surface area contributed by atoms with Gasteiger partial charge in [0.1, 0.15) is 11.4 Å². The van der Waals surface area contributed by atoms with Crippen LogP contribution in [0.3, 0.4) is 0 Å². The molecular formula is C25H36ClN3O4. The molecule has 3 amide bonds. The number of hydrogen-bond donors (Lipinski definition) is 2. The topological polar surface area (TPSA) is 82.1 Å². The van der Waals surface area contributed by atoms with Gasteiger partial charge in [-0.1, -0.05) is 30.9 Å². The number of aliphatic hydroxyl groups excluding tert-OH is 1. The van der Waals surface area contributed by atoms with Crippen molar-refractivity contribution in [2.45, 2.75) is 82.5 Å². The molecule has 33 heavy (non-hydrogen) atoms. The van der Waals surface area contributed by atoms with Crippen molar-refractivity contribution in [1.82, 2.24) is 15.1 Å². The van der Waals surface area contributed by atoms with Crippen molar-refractivity contribution in [2.75, 3.05) is 26.2 Å². The van der Waals surface area contributed by atoms with Gasteiger partial charge in [-0.25, -0.2) is 4.79 Å². The number of benzene rings is 1. The Balaban J connectivity index is 1.28. The molecule has 0 saturated carbocycles. The number of fused-ring (bicyclic) bond motifs is 2. The molecule has 4 rings (SSSR count). The zero-order valence-corrected chi connectivity index (χ0v) is 20.5. The fourth-order valence-electron chi connectivity index (χ4n) is 5.40. The summed E-state index contributed by atoms with van der Waals surface area (Å²) < 4.78 is 6.07. The summed E-state index contributed by atoms with van der Waals surface area (Å²) in [7, 11) is 0. The predicted molar refractivity (Wildman–Crippen MR) is 127 cm³/mol. The van der Waals surface area contributed by atoms with E-state index in [1.165, 1.54) is 4.90 Å². The molecule has 0 bridgehead atoms. The number of nitrogens with one attached hydrogen (secondary N) is 1. The fourth-order valence-corrected chi connectivity index (χ4v) is 5.57. The molecule has 1 aromatic rings. The number of aliphatic hydroxyl groups is 1. The van der Waals surface area contributed by atoms with Crippen LogP contribution in [0.2, 0.25) is 5.02 Å². The lowest BCUT2D eigenvalue weighted by atomic mass is 9.77. The Morgan fingerprint density at radius 1 is 1.09 bits per heavy atom. The molecule has 1 spiro atoms. The first kappa shape index (κ1) is 24.3. The van der Waals surface area contributed by atoms with Crippen molar-refractivity contribution < 1.29 is 19.4 Å². The van der Waals surface area contributed by atoms with E-state index in [2.05, 4.69) is 10.2 Å². The van der Waals surface area contributed by atoms with E-state index >= 15 is 0 Å². The minimum Gasteiger partial charge on any atom is -0.487 e. The number of hydrogen-bond acceptors (Lipinski definition) is 5. The lowest BCUT2D eigenvalue weighted by Crippen LogP contribution is -2.53. The molecule has 0 aromatic heterocycles. The number of piperidine rings is 1. The van der Waals surface area contributed by atoms with Crippen LogP contribution in [-0.2, 0) is 10.3 Å². The molecule has 0 aliphatic carbocycles. The van der Waals surface area contributed by atoms with Gasteiger partial charge in [0.2, 0.25) is 0 Å². The number of likely N-dealkylation sites (tertiary alicyclic amines) is 1. The van der Waals surface area contributed by atoms with Crippen LogP contribution in [0.4, 0.5) is 4.79 Å². The molecule has 2 saturated heterocycles. The van der Waals surface area contributed by atoms with Crippen LogP contribution in [-0.4, -0.2) is 64.7 Å². The fraction of sp³-hybridized carbons (Fsp3) is 0.680. The summed E-state index contributed by atoms with van der Waals surface area (Å²) in [4.78, 5) is 30.2. The largest absolute Gasteiger partial charge is 0.487 e. The smallest absolute Gasteiger partial charge is 0.325 e. The molecule has 1 aromatic carbocycles. The Morgan fingerprint density at radius 3 is 2.48 bits per heavy atom. The third kappa shape index (κ3) is 5.31. The Labute approximate surface area is 201 Å². The first-order valence-electron chi connectivity index (χ1n) is 12.2. The van der Waals surface area contributed by atoms with Gasteiger partial charge in [0, 0.05) is 36.6 Å². The number of nitrogens with zero attached hydrogens (tertiary/aromatic N) is 2. The average Bonchev–Trinajstić information content (AvgIpc) is 2.98. The second-order valence-electron chi connectivity index (χ2n) is 10.3. The Morgan fingerprint density at radius 2 is 1.76 bits per heavy atom.